The number of rotatable bonds is 3. The number of hydrogen-bond acceptors (Lipinski definition) is 2. The number of aliphatic hydroxyl groups is 1. The quantitative estimate of drug-likeness (QED) is 0.764. The Hall–Kier alpha value is -0.860. The fourth-order valence-electron chi connectivity index (χ4n) is 2.26. The van der Waals surface area contributed by atoms with Gasteiger partial charge in [-0.1, -0.05) is 37.3 Å². The van der Waals surface area contributed by atoms with Crippen molar-refractivity contribution in [1.82, 2.24) is 0 Å². The maximum Gasteiger partial charge on any atom is 0.0860 e. The van der Waals surface area contributed by atoms with Gasteiger partial charge in [-0.05, 0) is 17.9 Å². The number of benzene rings is 1. The summed E-state index contributed by atoms with van der Waals surface area (Å²) >= 11 is 0. The third-order valence-electron chi connectivity index (χ3n) is 3.55. The summed E-state index contributed by atoms with van der Waals surface area (Å²) in [5, 5.41) is 10.2. The molecule has 0 heterocycles. The van der Waals surface area contributed by atoms with Gasteiger partial charge < -0.3 is 10.8 Å². The third kappa shape index (κ3) is 1.35. The molecule has 0 radical (unpaired) electrons. The average Bonchev–Trinajstić information content (AvgIpc) is 2.91. The highest BCUT2D eigenvalue weighted by atomic mass is 16.3. The predicted molar refractivity (Wildman–Crippen MR) is 56.7 cm³/mol. The first kappa shape index (κ1) is 9.69. The average molecular weight is 191 g/mol. The van der Waals surface area contributed by atoms with E-state index < -0.39 is 6.10 Å². The lowest BCUT2D eigenvalue weighted by molar-refractivity contribution is 0.0889. The minimum absolute atomic E-state index is 0.0542. The molecule has 2 nitrogen and oxygen atoms in total. The van der Waals surface area contributed by atoms with E-state index >= 15 is 0 Å². The van der Waals surface area contributed by atoms with Crippen molar-refractivity contribution in [3.8, 4) is 0 Å². The second-order valence-corrected chi connectivity index (χ2v) is 4.36. The molecule has 3 N–H and O–H groups in total. The van der Waals surface area contributed by atoms with Gasteiger partial charge in [0.1, 0.15) is 0 Å². The monoisotopic (exact) mass is 191 g/mol. The van der Waals surface area contributed by atoms with Crippen molar-refractivity contribution >= 4 is 0 Å². The fourth-order valence-corrected chi connectivity index (χ4v) is 2.26. The molecular weight excluding hydrogens is 174 g/mol. The molecule has 0 bridgehead atoms. The van der Waals surface area contributed by atoms with Crippen LogP contribution in [-0.4, -0.2) is 11.7 Å². The predicted octanol–water partition coefficient (Wildman–Crippen LogP) is 1.70. The molecule has 2 rings (SSSR count). The van der Waals surface area contributed by atoms with Gasteiger partial charge in [-0.2, -0.15) is 0 Å². The van der Waals surface area contributed by atoms with Gasteiger partial charge in [0.2, 0.25) is 0 Å². The van der Waals surface area contributed by atoms with E-state index in [2.05, 4.69) is 6.92 Å². The molecule has 1 saturated carbocycles. The SMILES string of the molecule is C[C@@H]1C[C@@]1(CN)[C@@H](O)c1ccccc1. The lowest BCUT2D eigenvalue weighted by Crippen LogP contribution is -2.25. The van der Waals surface area contributed by atoms with Crippen molar-refractivity contribution in [1.29, 1.82) is 0 Å². The summed E-state index contributed by atoms with van der Waals surface area (Å²) < 4.78 is 0. The molecule has 0 saturated heterocycles. The van der Waals surface area contributed by atoms with Gasteiger partial charge in [0.05, 0.1) is 6.10 Å². The van der Waals surface area contributed by atoms with Crippen LogP contribution in [0.15, 0.2) is 30.3 Å². The summed E-state index contributed by atoms with van der Waals surface area (Å²) in [6.45, 7) is 2.73. The van der Waals surface area contributed by atoms with Crippen LogP contribution in [0.25, 0.3) is 0 Å². The van der Waals surface area contributed by atoms with Gasteiger partial charge in [-0.25, -0.2) is 0 Å². The molecule has 2 heteroatoms. The Kier molecular flexibility index (Phi) is 2.33. The first-order valence-corrected chi connectivity index (χ1v) is 5.14. The van der Waals surface area contributed by atoms with Crippen molar-refractivity contribution in [2.45, 2.75) is 19.4 Å². The molecule has 3 atom stereocenters. The molecular formula is C12H17NO. The zero-order valence-corrected chi connectivity index (χ0v) is 8.48. The Morgan fingerprint density at radius 3 is 2.50 bits per heavy atom. The Morgan fingerprint density at radius 1 is 1.50 bits per heavy atom. The Morgan fingerprint density at radius 2 is 2.07 bits per heavy atom. The van der Waals surface area contributed by atoms with Crippen molar-refractivity contribution in [3.05, 3.63) is 35.9 Å². The van der Waals surface area contributed by atoms with Crippen LogP contribution in [-0.2, 0) is 0 Å². The van der Waals surface area contributed by atoms with Crippen molar-refractivity contribution in [3.63, 3.8) is 0 Å². The second-order valence-electron chi connectivity index (χ2n) is 4.36. The molecule has 76 valence electrons. The smallest absolute Gasteiger partial charge is 0.0860 e. The first-order valence-electron chi connectivity index (χ1n) is 5.14. The maximum atomic E-state index is 10.2. The van der Waals surface area contributed by atoms with E-state index in [1.54, 1.807) is 0 Å². The Bertz CT molecular complexity index is 307. The van der Waals surface area contributed by atoms with Gasteiger partial charge >= 0.3 is 0 Å². The second kappa shape index (κ2) is 3.37. The van der Waals surface area contributed by atoms with Gasteiger partial charge in [-0.3, -0.25) is 0 Å². The third-order valence-corrected chi connectivity index (χ3v) is 3.55. The molecule has 1 aromatic carbocycles. The molecule has 0 aliphatic heterocycles. The van der Waals surface area contributed by atoms with E-state index in [9.17, 15) is 5.11 Å². The molecule has 0 unspecified atom stereocenters. The lowest BCUT2D eigenvalue weighted by Gasteiger charge is -2.22. The van der Waals surface area contributed by atoms with E-state index in [1.807, 2.05) is 30.3 Å². The maximum absolute atomic E-state index is 10.2. The standard InChI is InChI=1S/C12H17NO/c1-9-7-12(9,8-13)11(14)10-5-3-2-4-6-10/h2-6,9,11,14H,7-8,13H2,1H3/t9-,11+,12+/m1/s1. The minimum Gasteiger partial charge on any atom is -0.388 e. The zero-order valence-electron chi connectivity index (χ0n) is 8.48. The first-order chi connectivity index (χ1) is 6.70. The Labute approximate surface area is 84.7 Å². The molecule has 1 aromatic rings. The molecule has 0 aromatic heterocycles. The number of hydrogen-bond donors (Lipinski definition) is 2. The van der Waals surface area contributed by atoms with Crippen LogP contribution in [0.3, 0.4) is 0 Å². The van der Waals surface area contributed by atoms with Crippen LogP contribution in [0, 0.1) is 11.3 Å². The van der Waals surface area contributed by atoms with E-state index in [-0.39, 0.29) is 5.41 Å². The largest absolute Gasteiger partial charge is 0.388 e. The van der Waals surface area contributed by atoms with E-state index in [1.165, 1.54) is 0 Å². The lowest BCUT2D eigenvalue weighted by atomic mass is 9.91. The molecule has 0 spiro atoms. The topological polar surface area (TPSA) is 46.2 Å². The van der Waals surface area contributed by atoms with Crippen LogP contribution in [0.5, 0.6) is 0 Å². The number of nitrogens with two attached hydrogens (primary N) is 1. The zero-order chi connectivity index (χ0) is 10.2. The number of aliphatic hydroxyl groups excluding tert-OH is 1. The fraction of sp³-hybridized carbons (Fsp3) is 0.500. The van der Waals surface area contributed by atoms with Gasteiger partial charge in [0.25, 0.3) is 0 Å². The Balaban J connectivity index is 2.21. The van der Waals surface area contributed by atoms with Crippen molar-refractivity contribution in [2.75, 3.05) is 6.54 Å². The molecule has 1 fully saturated rings. The van der Waals surface area contributed by atoms with Gasteiger partial charge in [0.15, 0.2) is 0 Å². The summed E-state index contributed by atoms with van der Waals surface area (Å²) in [4.78, 5) is 0. The van der Waals surface area contributed by atoms with Gasteiger partial charge in [0, 0.05) is 12.0 Å². The molecule has 1 aliphatic carbocycles. The molecule has 14 heavy (non-hydrogen) atoms. The van der Waals surface area contributed by atoms with Crippen molar-refractivity contribution in [2.24, 2.45) is 17.1 Å². The van der Waals surface area contributed by atoms with E-state index in [4.69, 9.17) is 5.73 Å². The van der Waals surface area contributed by atoms with E-state index in [0.717, 1.165) is 12.0 Å². The minimum atomic E-state index is -0.399. The highest BCUT2D eigenvalue weighted by Gasteiger charge is 2.55. The highest BCUT2D eigenvalue weighted by molar-refractivity contribution is 5.23. The van der Waals surface area contributed by atoms with Crippen LogP contribution >= 0.6 is 0 Å². The van der Waals surface area contributed by atoms with E-state index in [0.29, 0.717) is 12.5 Å². The van der Waals surface area contributed by atoms with Crippen LogP contribution in [0.1, 0.15) is 25.0 Å². The highest BCUT2D eigenvalue weighted by Crippen LogP contribution is 2.59. The summed E-state index contributed by atoms with van der Waals surface area (Å²) in [5.74, 6) is 0.544. The van der Waals surface area contributed by atoms with Crippen LogP contribution < -0.4 is 5.73 Å². The molecule has 0 amide bonds. The normalized spacial score (nSPS) is 32.6. The summed E-state index contributed by atoms with van der Waals surface area (Å²) in [6, 6.07) is 9.80. The van der Waals surface area contributed by atoms with Crippen molar-refractivity contribution < 1.29 is 5.11 Å². The van der Waals surface area contributed by atoms with Crippen LogP contribution in [0.4, 0.5) is 0 Å². The summed E-state index contributed by atoms with van der Waals surface area (Å²) in [7, 11) is 0. The van der Waals surface area contributed by atoms with Gasteiger partial charge in [-0.15, -0.1) is 0 Å². The summed E-state index contributed by atoms with van der Waals surface area (Å²) in [5.41, 5.74) is 6.67. The molecule has 1 aliphatic rings. The van der Waals surface area contributed by atoms with Crippen LogP contribution in [0.2, 0.25) is 0 Å². The summed E-state index contributed by atoms with van der Waals surface area (Å²) in [6.07, 6.45) is 0.642.